The van der Waals surface area contributed by atoms with Gasteiger partial charge in [-0.25, -0.2) is 4.98 Å². The van der Waals surface area contributed by atoms with Crippen molar-refractivity contribution in [3.05, 3.63) is 10.6 Å². The van der Waals surface area contributed by atoms with E-state index in [1.54, 1.807) is 11.3 Å². The number of nitrogen functional groups attached to an aromatic ring is 1. The van der Waals surface area contributed by atoms with Crippen LogP contribution in [0.2, 0.25) is 0 Å². The molecule has 0 unspecified atom stereocenters. The Morgan fingerprint density at radius 2 is 1.89 bits per heavy atom. The van der Waals surface area contributed by atoms with E-state index < -0.39 is 0 Å². The fourth-order valence-corrected chi connectivity index (χ4v) is 3.92. The van der Waals surface area contributed by atoms with E-state index in [9.17, 15) is 0 Å². The molecule has 0 spiro atoms. The third-order valence-corrected chi connectivity index (χ3v) is 4.79. The molecule has 1 saturated heterocycles. The van der Waals surface area contributed by atoms with E-state index in [2.05, 4.69) is 9.88 Å². The van der Waals surface area contributed by atoms with Crippen molar-refractivity contribution >= 4 is 50.4 Å². The summed E-state index contributed by atoms with van der Waals surface area (Å²) < 4.78 is 0. The maximum absolute atomic E-state index is 5.78. The number of nitrogens with two attached hydrogens (primary N) is 1. The topological polar surface area (TPSA) is 42.1 Å². The van der Waals surface area contributed by atoms with Gasteiger partial charge in [-0.2, -0.15) is 0 Å². The molecule has 1 atom stereocenters. The lowest BCUT2D eigenvalue weighted by Crippen LogP contribution is -2.42. The highest BCUT2D eigenvalue weighted by atomic mass is 79.9. The summed E-state index contributed by atoms with van der Waals surface area (Å²) in [7, 11) is 0. The van der Waals surface area contributed by atoms with Crippen molar-refractivity contribution in [2.45, 2.75) is 44.6 Å². The molecule has 0 bridgehead atoms. The van der Waals surface area contributed by atoms with Gasteiger partial charge < -0.3 is 10.6 Å². The summed E-state index contributed by atoms with van der Waals surface area (Å²) in [6.45, 7) is 2.60. The van der Waals surface area contributed by atoms with Gasteiger partial charge in [0.2, 0.25) is 0 Å². The van der Waals surface area contributed by atoms with Gasteiger partial charge in [0, 0.05) is 10.9 Å². The zero-order valence-electron chi connectivity index (χ0n) is 10.4. The number of hydrogen-bond acceptors (Lipinski definition) is 4. The van der Waals surface area contributed by atoms with Crippen LogP contribution in [0.1, 0.15) is 36.3 Å². The van der Waals surface area contributed by atoms with Crippen LogP contribution in [-0.2, 0) is 12.8 Å². The number of rotatable bonds is 1. The van der Waals surface area contributed by atoms with Crippen LogP contribution < -0.4 is 5.73 Å². The summed E-state index contributed by atoms with van der Waals surface area (Å²) in [6, 6.07) is 0.757. The first-order valence-electron chi connectivity index (χ1n) is 6.31. The average molecular weight is 399 g/mol. The lowest BCUT2D eigenvalue weighted by atomic mass is 9.94. The van der Waals surface area contributed by atoms with E-state index in [0.29, 0.717) is 0 Å². The van der Waals surface area contributed by atoms with Crippen molar-refractivity contribution in [2.75, 3.05) is 18.8 Å². The largest absolute Gasteiger partial charge is 0.375 e. The molecule has 0 radical (unpaired) electrons. The van der Waals surface area contributed by atoms with Gasteiger partial charge in [-0.05, 0) is 45.2 Å². The first-order chi connectivity index (χ1) is 7.83. The zero-order valence-corrected chi connectivity index (χ0v) is 14.7. The molecule has 1 aliphatic heterocycles. The van der Waals surface area contributed by atoms with Crippen LogP contribution >= 0.6 is 45.3 Å². The Balaban J connectivity index is 0.000000810. The molecular formula is C12H21Br2N3S. The minimum atomic E-state index is 0. The Hall–Kier alpha value is 0.350. The van der Waals surface area contributed by atoms with Crippen molar-refractivity contribution in [1.82, 2.24) is 9.88 Å². The van der Waals surface area contributed by atoms with E-state index in [1.807, 2.05) is 0 Å². The molecule has 6 heteroatoms. The third-order valence-electron chi connectivity index (χ3n) is 3.84. The highest BCUT2D eigenvalue weighted by molar-refractivity contribution is 8.93. The maximum atomic E-state index is 5.78. The Bertz CT molecular complexity index is 377. The quantitative estimate of drug-likeness (QED) is 0.789. The van der Waals surface area contributed by atoms with Gasteiger partial charge in [-0.3, -0.25) is 0 Å². The summed E-state index contributed by atoms with van der Waals surface area (Å²) >= 11 is 1.70. The SMILES string of the molecule is Br.Br.Nc1nc2c(s1)C[C@@H](N1CCCCC1)CC2. The predicted octanol–water partition coefficient (Wildman–Crippen LogP) is 3.22. The highest BCUT2D eigenvalue weighted by Gasteiger charge is 2.27. The summed E-state index contributed by atoms with van der Waals surface area (Å²) in [5.41, 5.74) is 7.05. The average Bonchev–Trinajstić information content (AvgIpc) is 2.69. The fraction of sp³-hybridized carbons (Fsp3) is 0.750. The molecule has 2 aliphatic rings. The number of fused-ring (bicyclic) bond motifs is 1. The number of halogens is 2. The molecule has 1 aliphatic carbocycles. The van der Waals surface area contributed by atoms with Crippen LogP contribution in [-0.4, -0.2) is 29.0 Å². The molecule has 0 aromatic carbocycles. The molecule has 0 saturated carbocycles. The number of nitrogens with zero attached hydrogens (tertiary/aromatic N) is 2. The molecule has 2 heterocycles. The van der Waals surface area contributed by atoms with Gasteiger partial charge in [0.15, 0.2) is 5.13 Å². The summed E-state index contributed by atoms with van der Waals surface area (Å²) in [4.78, 5) is 8.54. The van der Waals surface area contributed by atoms with Crippen molar-refractivity contribution in [2.24, 2.45) is 0 Å². The van der Waals surface area contributed by atoms with E-state index in [-0.39, 0.29) is 34.0 Å². The third kappa shape index (κ3) is 3.46. The minimum absolute atomic E-state index is 0. The van der Waals surface area contributed by atoms with Crippen LogP contribution in [0.15, 0.2) is 0 Å². The van der Waals surface area contributed by atoms with Gasteiger partial charge in [-0.1, -0.05) is 6.42 Å². The Kier molecular flexibility index (Phi) is 6.58. The van der Waals surface area contributed by atoms with Gasteiger partial charge in [0.25, 0.3) is 0 Å². The second kappa shape index (κ2) is 7.22. The monoisotopic (exact) mass is 397 g/mol. The molecule has 18 heavy (non-hydrogen) atoms. The first kappa shape index (κ1) is 16.4. The normalized spacial score (nSPS) is 23.7. The smallest absolute Gasteiger partial charge is 0.180 e. The van der Waals surface area contributed by atoms with Gasteiger partial charge >= 0.3 is 0 Å². The summed E-state index contributed by atoms with van der Waals surface area (Å²) in [5, 5.41) is 0.754. The fourth-order valence-electron chi connectivity index (χ4n) is 2.97. The maximum Gasteiger partial charge on any atom is 0.180 e. The number of piperidine rings is 1. The van der Waals surface area contributed by atoms with Crippen LogP contribution in [0.4, 0.5) is 5.13 Å². The van der Waals surface area contributed by atoms with Gasteiger partial charge in [0.1, 0.15) is 0 Å². The van der Waals surface area contributed by atoms with E-state index in [1.165, 1.54) is 55.8 Å². The number of likely N-dealkylation sites (tertiary alicyclic amines) is 1. The number of thiazole rings is 1. The lowest BCUT2D eigenvalue weighted by Gasteiger charge is -2.36. The first-order valence-corrected chi connectivity index (χ1v) is 7.12. The highest BCUT2D eigenvalue weighted by Crippen LogP contribution is 2.31. The molecule has 104 valence electrons. The predicted molar refractivity (Wildman–Crippen MR) is 88.4 cm³/mol. The van der Waals surface area contributed by atoms with E-state index in [4.69, 9.17) is 5.73 Å². The van der Waals surface area contributed by atoms with E-state index in [0.717, 1.165) is 17.6 Å². The van der Waals surface area contributed by atoms with Crippen molar-refractivity contribution < 1.29 is 0 Å². The Morgan fingerprint density at radius 3 is 2.61 bits per heavy atom. The molecule has 1 fully saturated rings. The molecule has 0 amide bonds. The number of anilines is 1. The van der Waals surface area contributed by atoms with Crippen LogP contribution in [0.5, 0.6) is 0 Å². The second-order valence-corrected chi connectivity index (χ2v) is 6.03. The number of aromatic nitrogens is 1. The van der Waals surface area contributed by atoms with E-state index >= 15 is 0 Å². The molecular weight excluding hydrogens is 378 g/mol. The molecule has 3 rings (SSSR count). The molecule has 1 aromatic heterocycles. The molecule has 1 aromatic rings. The second-order valence-electron chi connectivity index (χ2n) is 4.92. The van der Waals surface area contributed by atoms with Crippen molar-refractivity contribution in [1.29, 1.82) is 0 Å². The van der Waals surface area contributed by atoms with Crippen LogP contribution in [0.25, 0.3) is 0 Å². The number of aryl methyl sites for hydroxylation is 1. The van der Waals surface area contributed by atoms with Crippen molar-refractivity contribution in [3.63, 3.8) is 0 Å². The molecule has 2 N–H and O–H groups in total. The van der Waals surface area contributed by atoms with Crippen molar-refractivity contribution in [3.8, 4) is 0 Å². The summed E-state index contributed by atoms with van der Waals surface area (Å²) in [6.07, 6.45) is 7.77. The Labute approximate surface area is 134 Å². The lowest BCUT2D eigenvalue weighted by molar-refractivity contribution is 0.150. The van der Waals surface area contributed by atoms with Gasteiger partial charge in [-0.15, -0.1) is 45.3 Å². The number of hydrogen-bond donors (Lipinski definition) is 1. The molecule has 3 nitrogen and oxygen atoms in total. The Morgan fingerprint density at radius 1 is 1.17 bits per heavy atom. The summed E-state index contributed by atoms with van der Waals surface area (Å²) in [5.74, 6) is 0. The zero-order chi connectivity index (χ0) is 11.0. The van der Waals surface area contributed by atoms with Gasteiger partial charge in [0.05, 0.1) is 5.69 Å². The van der Waals surface area contributed by atoms with Crippen LogP contribution in [0.3, 0.4) is 0 Å². The standard InChI is InChI=1S/C12H19N3S.2BrH/c13-12-14-10-5-4-9(8-11(10)16-12)15-6-2-1-3-7-15;;/h9H,1-8H2,(H2,13,14);2*1H/t9-;;/m0../s1. The minimum Gasteiger partial charge on any atom is -0.375 e. The van der Waals surface area contributed by atoms with Crippen LogP contribution in [0, 0.1) is 0 Å².